The molecule has 2 aromatic rings. The minimum Gasteiger partial charge on any atom is -0.307 e. The number of thioether (sulfide) groups is 1. The molecule has 2 aromatic heterocycles. The quantitative estimate of drug-likeness (QED) is 0.435. The summed E-state index contributed by atoms with van der Waals surface area (Å²) >= 11 is 1.17. The van der Waals surface area contributed by atoms with Crippen LogP contribution in [-0.4, -0.2) is 38.4 Å². The number of aromatic nitrogens is 4. The fourth-order valence-corrected chi connectivity index (χ4v) is 1.68. The lowest BCUT2D eigenvalue weighted by Gasteiger charge is -2.01. The van der Waals surface area contributed by atoms with Gasteiger partial charge in [0.25, 0.3) is 0 Å². The molecule has 0 fully saturated rings. The first-order valence-electron chi connectivity index (χ1n) is 5.02. The number of rotatable bonds is 6. The molecule has 10 heteroatoms. The lowest BCUT2D eigenvalue weighted by Crippen LogP contribution is -2.15. The van der Waals surface area contributed by atoms with Crippen molar-refractivity contribution < 1.29 is 14.2 Å². The molecule has 19 heavy (non-hydrogen) atoms. The first-order valence-corrected chi connectivity index (χ1v) is 6.00. The summed E-state index contributed by atoms with van der Waals surface area (Å²) in [6.07, 6.45) is 3.57. The van der Waals surface area contributed by atoms with Crippen molar-refractivity contribution in [3.8, 4) is 0 Å². The summed E-state index contributed by atoms with van der Waals surface area (Å²) in [5, 5.41) is 12.0. The molecule has 2 amide bonds. The highest BCUT2D eigenvalue weighted by atomic mass is 32.2. The van der Waals surface area contributed by atoms with Crippen molar-refractivity contribution in [1.82, 2.24) is 20.3 Å². The van der Waals surface area contributed by atoms with E-state index in [1.165, 1.54) is 11.8 Å². The Morgan fingerprint density at radius 1 is 1.32 bits per heavy atom. The van der Waals surface area contributed by atoms with Crippen molar-refractivity contribution >= 4 is 35.7 Å². The van der Waals surface area contributed by atoms with E-state index in [9.17, 15) is 9.59 Å². The number of nitrogens with zero attached hydrogens (tertiary/aromatic N) is 4. The van der Waals surface area contributed by atoms with Gasteiger partial charge < -0.3 is 10.6 Å². The van der Waals surface area contributed by atoms with Gasteiger partial charge in [-0.25, -0.2) is 14.6 Å². The molecule has 98 valence electrons. The average molecular weight is 280 g/mol. The Kier molecular flexibility index (Phi) is 4.39. The molecule has 0 radical (unpaired) electrons. The highest BCUT2D eigenvalue weighted by Gasteiger charge is 2.13. The lowest BCUT2D eigenvalue weighted by molar-refractivity contribution is -0.114. The third kappa shape index (κ3) is 3.74. The minimum absolute atomic E-state index is 0.0457. The normalized spacial score (nSPS) is 9.89. The Labute approximate surface area is 111 Å². The molecule has 0 saturated heterocycles. The number of hydrogen-bond acceptors (Lipinski definition) is 8. The van der Waals surface area contributed by atoms with Gasteiger partial charge in [-0.1, -0.05) is 11.8 Å². The van der Waals surface area contributed by atoms with Crippen LogP contribution in [0.3, 0.4) is 0 Å². The van der Waals surface area contributed by atoms with E-state index < -0.39 is 0 Å². The number of amides is 2. The van der Waals surface area contributed by atoms with Gasteiger partial charge in [0.05, 0.1) is 5.75 Å². The molecular formula is C9H8N6O3S. The van der Waals surface area contributed by atoms with Crippen LogP contribution >= 0.6 is 11.8 Å². The van der Waals surface area contributed by atoms with Crippen molar-refractivity contribution in [3.05, 3.63) is 18.5 Å². The standard InChI is InChI=1S/C9H8N6O3S/c16-5-12-7-8(15-18-14-7)13-6(17)4-19-9-10-2-1-3-11-9/h1-3,5H,4H2,(H,12,14,16)(H,13,15,17). The molecule has 0 unspecified atom stereocenters. The van der Waals surface area contributed by atoms with E-state index in [1.807, 2.05) is 0 Å². The van der Waals surface area contributed by atoms with Gasteiger partial charge in [-0.2, -0.15) is 0 Å². The third-order valence-corrected chi connectivity index (χ3v) is 2.69. The zero-order chi connectivity index (χ0) is 13.5. The van der Waals surface area contributed by atoms with Crippen molar-refractivity contribution in [2.75, 3.05) is 16.4 Å². The number of carbonyl (C=O) groups excluding carboxylic acids is 2. The SMILES string of the molecule is O=CNc1nonc1NC(=O)CSc1ncccn1. The van der Waals surface area contributed by atoms with Crippen LogP contribution in [0.4, 0.5) is 11.6 Å². The third-order valence-electron chi connectivity index (χ3n) is 1.82. The van der Waals surface area contributed by atoms with E-state index in [0.29, 0.717) is 11.6 Å². The topological polar surface area (TPSA) is 123 Å². The van der Waals surface area contributed by atoms with Gasteiger partial charge in [-0.3, -0.25) is 9.59 Å². The van der Waals surface area contributed by atoms with Crippen molar-refractivity contribution in [3.63, 3.8) is 0 Å². The molecule has 0 aliphatic heterocycles. The van der Waals surface area contributed by atoms with Gasteiger partial charge in [0.1, 0.15) is 0 Å². The van der Waals surface area contributed by atoms with Gasteiger partial charge in [0.2, 0.25) is 24.0 Å². The van der Waals surface area contributed by atoms with E-state index in [-0.39, 0.29) is 23.3 Å². The first kappa shape index (κ1) is 13.0. The molecule has 0 atom stereocenters. The lowest BCUT2D eigenvalue weighted by atomic mass is 10.6. The summed E-state index contributed by atoms with van der Waals surface area (Å²) in [7, 11) is 0. The molecule has 0 saturated carbocycles. The zero-order valence-electron chi connectivity index (χ0n) is 9.44. The molecule has 0 spiro atoms. The second-order valence-electron chi connectivity index (χ2n) is 3.09. The maximum Gasteiger partial charge on any atom is 0.236 e. The molecular weight excluding hydrogens is 272 g/mol. The highest BCUT2D eigenvalue weighted by Crippen LogP contribution is 2.16. The molecule has 0 aliphatic carbocycles. The Hall–Kier alpha value is -2.49. The van der Waals surface area contributed by atoms with Crippen LogP contribution in [0.15, 0.2) is 28.2 Å². The summed E-state index contributed by atoms with van der Waals surface area (Å²) in [4.78, 5) is 29.8. The van der Waals surface area contributed by atoms with E-state index in [4.69, 9.17) is 0 Å². The number of nitrogens with one attached hydrogen (secondary N) is 2. The predicted molar refractivity (Wildman–Crippen MR) is 65.4 cm³/mol. The minimum atomic E-state index is -0.345. The van der Waals surface area contributed by atoms with Gasteiger partial charge >= 0.3 is 0 Å². The molecule has 0 aliphatic rings. The maximum absolute atomic E-state index is 11.6. The molecule has 0 aromatic carbocycles. The van der Waals surface area contributed by atoms with Crippen LogP contribution in [0, 0.1) is 0 Å². The van der Waals surface area contributed by atoms with E-state index in [1.54, 1.807) is 18.5 Å². The van der Waals surface area contributed by atoms with Crippen LogP contribution < -0.4 is 10.6 Å². The molecule has 2 N–H and O–H groups in total. The van der Waals surface area contributed by atoms with E-state index >= 15 is 0 Å². The molecule has 2 rings (SSSR count). The fraction of sp³-hybridized carbons (Fsp3) is 0.111. The zero-order valence-corrected chi connectivity index (χ0v) is 10.3. The second kappa shape index (κ2) is 6.44. The van der Waals surface area contributed by atoms with Crippen LogP contribution in [0.25, 0.3) is 0 Å². The van der Waals surface area contributed by atoms with Gasteiger partial charge in [-0.15, -0.1) is 0 Å². The summed E-state index contributed by atoms with van der Waals surface area (Å²) in [5.74, 6) is -0.157. The molecule has 0 bridgehead atoms. The van der Waals surface area contributed by atoms with Crippen LogP contribution in [0.1, 0.15) is 0 Å². The fourth-order valence-electron chi connectivity index (χ4n) is 1.08. The molecule has 9 nitrogen and oxygen atoms in total. The van der Waals surface area contributed by atoms with E-state index in [2.05, 4.69) is 35.5 Å². The largest absolute Gasteiger partial charge is 0.307 e. The van der Waals surface area contributed by atoms with Crippen LogP contribution in [0.5, 0.6) is 0 Å². The smallest absolute Gasteiger partial charge is 0.236 e. The van der Waals surface area contributed by atoms with E-state index in [0.717, 1.165) is 0 Å². The monoisotopic (exact) mass is 280 g/mol. The van der Waals surface area contributed by atoms with Crippen molar-refractivity contribution in [2.45, 2.75) is 5.16 Å². The Balaban J connectivity index is 1.87. The summed E-state index contributed by atoms with van der Waals surface area (Å²) in [6.45, 7) is 0. The number of hydrogen-bond donors (Lipinski definition) is 2. The average Bonchev–Trinajstić information content (AvgIpc) is 2.85. The van der Waals surface area contributed by atoms with Gasteiger partial charge in [0, 0.05) is 12.4 Å². The second-order valence-corrected chi connectivity index (χ2v) is 4.03. The van der Waals surface area contributed by atoms with Gasteiger partial charge in [-0.05, 0) is 16.4 Å². The Bertz CT molecular complexity index is 560. The van der Waals surface area contributed by atoms with Crippen LogP contribution in [0.2, 0.25) is 0 Å². The summed E-state index contributed by atoms with van der Waals surface area (Å²) in [6, 6.07) is 1.68. The Morgan fingerprint density at radius 2 is 2.05 bits per heavy atom. The Morgan fingerprint density at radius 3 is 2.79 bits per heavy atom. The summed E-state index contributed by atoms with van der Waals surface area (Å²) in [5.41, 5.74) is 0. The van der Waals surface area contributed by atoms with Crippen molar-refractivity contribution in [1.29, 1.82) is 0 Å². The van der Waals surface area contributed by atoms with Gasteiger partial charge in [0.15, 0.2) is 5.16 Å². The van der Waals surface area contributed by atoms with Crippen molar-refractivity contribution in [2.24, 2.45) is 0 Å². The number of carbonyl (C=O) groups is 2. The molecule has 2 heterocycles. The first-order chi connectivity index (χ1) is 9.29. The summed E-state index contributed by atoms with van der Waals surface area (Å²) < 4.78 is 4.39. The predicted octanol–water partition coefficient (Wildman–Crippen LogP) is 0.159. The van der Waals surface area contributed by atoms with Crippen LogP contribution in [-0.2, 0) is 9.59 Å². The maximum atomic E-state index is 11.6. The highest BCUT2D eigenvalue weighted by molar-refractivity contribution is 7.99. The number of anilines is 2.